The number of carbonyl (C=O) groups is 2. The Hall–Kier alpha value is -2.15. The van der Waals surface area contributed by atoms with Gasteiger partial charge < -0.3 is 20.1 Å². The summed E-state index contributed by atoms with van der Waals surface area (Å²) in [7, 11) is 1.76. The number of nitrogens with one attached hydrogen (secondary N) is 1. The summed E-state index contributed by atoms with van der Waals surface area (Å²) < 4.78 is 5.28. The molecule has 0 spiro atoms. The van der Waals surface area contributed by atoms with E-state index < -0.39 is 5.97 Å². The number of carbonyl (C=O) groups excluding carboxylic acids is 1. The van der Waals surface area contributed by atoms with Crippen LogP contribution in [0.5, 0.6) is 0 Å². The maximum absolute atomic E-state index is 12.1. The maximum atomic E-state index is 12.1. The average Bonchev–Trinajstić information content (AvgIpc) is 2.49. The number of nitrogens with zero attached hydrogens (tertiary/aromatic N) is 2. The third-order valence-electron chi connectivity index (χ3n) is 3.47. The number of pyridine rings is 1. The molecule has 2 rings (SSSR count). The van der Waals surface area contributed by atoms with Crippen LogP contribution in [-0.2, 0) is 16.0 Å². The molecule has 0 atom stereocenters. The smallest absolute Gasteiger partial charge is 0.321 e. The predicted molar refractivity (Wildman–Crippen MR) is 76.2 cm³/mol. The molecule has 1 aliphatic rings. The van der Waals surface area contributed by atoms with Gasteiger partial charge in [0, 0.05) is 26.3 Å². The van der Waals surface area contributed by atoms with Crippen LogP contribution in [0, 0.1) is 0 Å². The number of rotatable bonds is 4. The highest BCUT2D eigenvalue weighted by Crippen LogP contribution is 2.14. The van der Waals surface area contributed by atoms with Crippen molar-refractivity contribution in [3.05, 3.63) is 24.0 Å². The molecule has 0 saturated carbocycles. The first-order valence-electron chi connectivity index (χ1n) is 6.84. The van der Waals surface area contributed by atoms with E-state index in [9.17, 15) is 9.59 Å². The van der Waals surface area contributed by atoms with E-state index in [1.165, 1.54) is 6.20 Å². The highest BCUT2D eigenvalue weighted by Gasteiger charge is 2.22. The molecule has 2 N–H and O–H groups in total. The van der Waals surface area contributed by atoms with E-state index in [1.54, 1.807) is 24.1 Å². The number of carboxylic acids is 1. The Morgan fingerprint density at radius 1 is 1.43 bits per heavy atom. The Labute approximate surface area is 122 Å². The molecule has 114 valence electrons. The van der Waals surface area contributed by atoms with Crippen LogP contribution in [0.2, 0.25) is 0 Å². The third-order valence-corrected chi connectivity index (χ3v) is 3.47. The largest absolute Gasteiger partial charge is 0.481 e. The van der Waals surface area contributed by atoms with E-state index in [4.69, 9.17) is 9.84 Å². The molecule has 1 aromatic heterocycles. The van der Waals surface area contributed by atoms with Crippen molar-refractivity contribution in [1.29, 1.82) is 0 Å². The topological polar surface area (TPSA) is 91.8 Å². The van der Waals surface area contributed by atoms with Gasteiger partial charge in [-0.05, 0) is 25.0 Å². The molecule has 7 nitrogen and oxygen atoms in total. The fourth-order valence-electron chi connectivity index (χ4n) is 2.21. The second-order valence-electron chi connectivity index (χ2n) is 4.99. The van der Waals surface area contributed by atoms with Crippen molar-refractivity contribution >= 4 is 17.7 Å². The number of amides is 2. The van der Waals surface area contributed by atoms with Crippen molar-refractivity contribution in [2.75, 3.05) is 25.6 Å². The fourth-order valence-corrected chi connectivity index (χ4v) is 2.21. The lowest BCUT2D eigenvalue weighted by Gasteiger charge is -2.31. The summed E-state index contributed by atoms with van der Waals surface area (Å²) in [6, 6.07) is 3.23. The molecule has 1 fully saturated rings. The second-order valence-corrected chi connectivity index (χ2v) is 4.99. The van der Waals surface area contributed by atoms with Crippen molar-refractivity contribution in [3.8, 4) is 0 Å². The average molecular weight is 293 g/mol. The Kier molecular flexibility index (Phi) is 5.10. The van der Waals surface area contributed by atoms with Crippen molar-refractivity contribution < 1.29 is 19.4 Å². The highest BCUT2D eigenvalue weighted by atomic mass is 16.5. The summed E-state index contributed by atoms with van der Waals surface area (Å²) in [6.07, 6.45) is 3.00. The summed E-state index contributed by atoms with van der Waals surface area (Å²) in [6.45, 7) is 1.35. The number of hydrogen-bond acceptors (Lipinski definition) is 4. The fraction of sp³-hybridized carbons (Fsp3) is 0.500. The Balaban J connectivity index is 1.90. The van der Waals surface area contributed by atoms with Gasteiger partial charge in [-0.3, -0.25) is 9.78 Å². The van der Waals surface area contributed by atoms with Gasteiger partial charge in [0.15, 0.2) is 0 Å². The van der Waals surface area contributed by atoms with Gasteiger partial charge in [0.05, 0.1) is 24.0 Å². The van der Waals surface area contributed by atoms with Crippen LogP contribution in [0.15, 0.2) is 18.3 Å². The van der Waals surface area contributed by atoms with Gasteiger partial charge in [0.2, 0.25) is 0 Å². The first kappa shape index (κ1) is 15.2. The maximum Gasteiger partial charge on any atom is 0.321 e. The number of anilines is 1. The van der Waals surface area contributed by atoms with Gasteiger partial charge in [-0.15, -0.1) is 0 Å². The number of aliphatic carboxylic acids is 1. The monoisotopic (exact) mass is 293 g/mol. The van der Waals surface area contributed by atoms with E-state index in [0.717, 1.165) is 12.8 Å². The molecule has 2 amide bonds. The quantitative estimate of drug-likeness (QED) is 0.874. The van der Waals surface area contributed by atoms with Gasteiger partial charge >= 0.3 is 12.0 Å². The normalized spacial score (nSPS) is 15.5. The molecule has 21 heavy (non-hydrogen) atoms. The summed E-state index contributed by atoms with van der Waals surface area (Å²) in [4.78, 5) is 28.4. The summed E-state index contributed by atoms with van der Waals surface area (Å²) in [5.74, 6) is -0.932. The lowest BCUT2D eigenvalue weighted by Crippen LogP contribution is -2.42. The van der Waals surface area contributed by atoms with E-state index in [-0.39, 0.29) is 18.5 Å². The zero-order chi connectivity index (χ0) is 15.2. The van der Waals surface area contributed by atoms with Crippen LogP contribution in [0.25, 0.3) is 0 Å². The molecule has 0 aliphatic carbocycles. The molecule has 1 aliphatic heterocycles. The van der Waals surface area contributed by atoms with Crippen molar-refractivity contribution in [1.82, 2.24) is 9.88 Å². The standard InChI is InChI=1S/C14H19N3O4/c1-17(12-4-6-21-7-5-12)14(20)16-11-3-2-10(15-9-11)8-13(18)19/h2-3,9,12H,4-8H2,1H3,(H,16,20)(H,18,19). The Bertz CT molecular complexity index is 497. The van der Waals surface area contributed by atoms with Crippen molar-refractivity contribution in [2.45, 2.75) is 25.3 Å². The van der Waals surface area contributed by atoms with Crippen LogP contribution in [-0.4, -0.2) is 53.3 Å². The molecule has 2 heterocycles. The molecule has 1 saturated heterocycles. The summed E-state index contributed by atoms with van der Waals surface area (Å²) in [5.41, 5.74) is 1.01. The van der Waals surface area contributed by atoms with Gasteiger partial charge in [-0.25, -0.2) is 4.79 Å². The van der Waals surface area contributed by atoms with E-state index >= 15 is 0 Å². The van der Waals surface area contributed by atoms with Crippen LogP contribution in [0.3, 0.4) is 0 Å². The third kappa shape index (κ3) is 4.42. The highest BCUT2D eigenvalue weighted by molar-refractivity contribution is 5.89. The molecule has 0 aromatic carbocycles. The first-order valence-corrected chi connectivity index (χ1v) is 6.84. The van der Waals surface area contributed by atoms with Crippen molar-refractivity contribution in [2.24, 2.45) is 0 Å². The first-order chi connectivity index (χ1) is 10.1. The lowest BCUT2D eigenvalue weighted by molar-refractivity contribution is -0.136. The van der Waals surface area contributed by atoms with Crippen LogP contribution < -0.4 is 5.32 Å². The summed E-state index contributed by atoms with van der Waals surface area (Å²) >= 11 is 0. The molecule has 1 aromatic rings. The zero-order valence-corrected chi connectivity index (χ0v) is 11.9. The minimum absolute atomic E-state index is 0.129. The molecule has 0 radical (unpaired) electrons. The molecular formula is C14H19N3O4. The minimum atomic E-state index is -0.932. The predicted octanol–water partition coefficient (Wildman–Crippen LogP) is 1.35. The van der Waals surface area contributed by atoms with Crippen LogP contribution >= 0.6 is 0 Å². The molecule has 7 heteroatoms. The molecule has 0 unspecified atom stereocenters. The number of urea groups is 1. The number of carboxylic acid groups (broad SMARTS) is 1. The Morgan fingerprint density at radius 3 is 2.71 bits per heavy atom. The van der Waals surface area contributed by atoms with Gasteiger partial charge in [0.1, 0.15) is 0 Å². The van der Waals surface area contributed by atoms with Crippen LogP contribution in [0.1, 0.15) is 18.5 Å². The number of aromatic nitrogens is 1. The number of ether oxygens (including phenoxy) is 1. The van der Waals surface area contributed by atoms with Gasteiger partial charge in [-0.2, -0.15) is 0 Å². The van der Waals surface area contributed by atoms with E-state index in [0.29, 0.717) is 24.6 Å². The van der Waals surface area contributed by atoms with E-state index in [1.807, 2.05) is 0 Å². The number of hydrogen-bond donors (Lipinski definition) is 2. The summed E-state index contributed by atoms with van der Waals surface area (Å²) in [5, 5.41) is 11.4. The molecule has 0 bridgehead atoms. The second kappa shape index (κ2) is 7.03. The van der Waals surface area contributed by atoms with Crippen molar-refractivity contribution in [3.63, 3.8) is 0 Å². The van der Waals surface area contributed by atoms with Gasteiger partial charge in [0.25, 0.3) is 0 Å². The lowest BCUT2D eigenvalue weighted by atomic mass is 10.1. The van der Waals surface area contributed by atoms with E-state index in [2.05, 4.69) is 10.3 Å². The van der Waals surface area contributed by atoms with Crippen LogP contribution in [0.4, 0.5) is 10.5 Å². The Morgan fingerprint density at radius 2 is 2.14 bits per heavy atom. The molecular weight excluding hydrogens is 274 g/mol. The zero-order valence-electron chi connectivity index (χ0n) is 11.9. The minimum Gasteiger partial charge on any atom is -0.481 e. The van der Waals surface area contributed by atoms with Gasteiger partial charge in [-0.1, -0.05) is 0 Å². The SMILES string of the molecule is CN(C(=O)Nc1ccc(CC(=O)O)nc1)C1CCOCC1.